The van der Waals surface area contributed by atoms with Crippen LogP contribution in [0.3, 0.4) is 0 Å². The monoisotopic (exact) mass is 243 g/mol. The van der Waals surface area contributed by atoms with Gasteiger partial charge >= 0.3 is 5.97 Å². The fourth-order valence-electron chi connectivity index (χ4n) is 2.73. The Balaban J connectivity index is 2.64. The summed E-state index contributed by atoms with van der Waals surface area (Å²) >= 11 is 0. The molecule has 4 nitrogen and oxygen atoms in total. The van der Waals surface area contributed by atoms with Crippen LogP contribution in [0.2, 0.25) is 0 Å². The summed E-state index contributed by atoms with van der Waals surface area (Å²) in [6.45, 7) is 1.49. The van der Waals surface area contributed by atoms with E-state index in [4.69, 9.17) is 4.74 Å². The van der Waals surface area contributed by atoms with Gasteiger partial charge in [0, 0.05) is 20.3 Å². The van der Waals surface area contributed by atoms with Crippen molar-refractivity contribution in [1.29, 1.82) is 0 Å². The molecule has 0 unspecified atom stereocenters. The molecule has 1 fully saturated rings. The molecular formula is C13H25NO3. The standard InChI is InChI=1S/C13H25NO3/c1-14(10-7-11-17-2)13(12(15)16)8-5-3-4-6-9-13/h3-11H2,1-2H3,(H,15,16). The summed E-state index contributed by atoms with van der Waals surface area (Å²) in [5, 5.41) is 9.57. The van der Waals surface area contributed by atoms with Gasteiger partial charge in [0.1, 0.15) is 5.54 Å². The summed E-state index contributed by atoms with van der Waals surface area (Å²) in [5.41, 5.74) is -0.635. The lowest BCUT2D eigenvalue weighted by Gasteiger charge is -2.37. The Hall–Kier alpha value is -0.610. The largest absolute Gasteiger partial charge is 0.480 e. The van der Waals surface area contributed by atoms with E-state index in [0.29, 0.717) is 6.61 Å². The van der Waals surface area contributed by atoms with Gasteiger partial charge in [-0.25, -0.2) is 0 Å². The first-order valence-corrected chi connectivity index (χ1v) is 6.57. The number of rotatable bonds is 6. The van der Waals surface area contributed by atoms with Crippen molar-refractivity contribution in [3.05, 3.63) is 0 Å². The maximum Gasteiger partial charge on any atom is 0.324 e. The van der Waals surface area contributed by atoms with Gasteiger partial charge in [-0.2, -0.15) is 0 Å². The summed E-state index contributed by atoms with van der Waals surface area (Å²) in [4.78, 5) is 13.7. The quantitative estimate of drug-likeness (QED) is 0.573. The summed E-state index contributed by atoms with van der Waals surface area (Å²) < 4.78 is 5.02. The fraction of sp³-hybridized carbons (Fsp3) is 0.923. The molecule has 0 aromatic heterocycles. The highest BCUT2D eigenvalue weighted by atomic mass is 16.5. The number of nitrogens with zero attached hydrogens (tertiary/aromatic N) is 1. The molecule has 1 saturated carbocycles. The summed E-state index contributed by atoms with van der Waals surface area (Å²) in [6.07, 6.45) is 6.85. The zero-order valence-electron chi connectivity index (χ0n) is 11.1. The molecule has 0 aromatic carbocycles. The van der Waals surface area contributed by atoms with Gasteiger partial charge in [0.05, 0.1) is 0 Å². The smallest absolute Gasteiger partial charge is 0.324 e. The zero-order valence-corrected chi connectivity index (χ0v) is 11.1. The maximum absolute atomic E-state index is 11.6. The van der Waals surface area contributed by atoms with Crippen molar-refractivity contribution in [3.8, 4) is 0 Å². The minimum atomic E-state index is -0.653. The highest BCUT2D eigenvalue weighted by Crippen LogP contribution is 2.32. The Morgan fingerprint density at radius 1 is 1.29 bits per heavy atom. The number of carboxylic acid groups (broad SMARTS) is 1. The maximum atomic E-state index is 11.6. The average Bonchev–Trinajstić information content (AvgIpc) is 2.55. The first-order valence-electron chi connectivity index (χ1n) is 6.57. The zero-order chi connectivity index (χ0) is 12.7. The number of ether oxygens (including phenoxy) is 1. The van der Waals surface area contributed by atoms with Crippen LogP contribution in [0.25, 0.3) is 0 Å². The van der Waals surface area contributed by atoms with Crippen molar-refractivity contribution in [3.63, 3.8) is 0 Å². The van der Waals surface area contributed by atoms with E-state index < -0.39 is 11.5 Å². The number of hydrogen-bond donors (Lipinski definition) is 1. The molecule has 0 amide bonds. The van der Waals surface area contributed by atoms with E-state index >= 15 is 0 Å². The molecule has 17 heavy (non-hydrogen) atoms. The Morgan fingerprint density at radius 3 is 2.35 bits per heavy atom. The molecular weight excluding hydrogens is 218 g/mol. The van der Waals surface area contributed by atoms with E-state index in [9.17, 15) is 9.90 Å². The second-order valence-corrected chi connectivity index (χ2v) is 5.02. The summed E-state index contributed by atoms with van der Waals surface area (Å²) in [5.74, 6) is -0.653. The van der Waals surface area contributed by atoms with Crippen molar-refractivity contribution in [1.82, 2.24) is 4.90 Å². The molecule has 0 spiro atoms. The molecule has 1 aliphatic carbocycles. The van der Waals surface area contributed by atoms with Crippen molar-refractivity contribution >= 4 is 5.97 Å². The van der Waals surface area contributed by atoms with Crippen molar-refractivity contribution in [2.75, 3.05) is 27.3 Å². The highest BCUT2D eigenvalue weighted by Gasteiger charge is 2.41. The van der Waals surface area contributed by atoms with Crippen LogP contribution in [0.4, 0.5) is 0 Å². The lowest BCUT2D eigenvalue weighted by Crippen LogP contribution is -2.53. The molecule has 0 aliphatic heterocycles. The third-order valence-electron chi connectivity index (χ3n) is 3.90. The molecule has 0 heterocycles. The summed E-state index contributed by atoms with van der Waals surface area (Å²) in [7, 11) is 3.62. The Kier molecular flexibility index (Phi) is 5.92. The molecule has 0 aromatic rings. The number of carbonyl (C=O) groups is 1. The third-order valence-corrected chi connectivity index (χ3v) is 3.90. The lowest BCUT2D eigenvalue weighted by atomic mass is 9.88. The lowest BCUT2D eigenvalue weighted by molar-refractivity contribution is -0.152. The van der Waals surface area contributed by atoms with Crippen LogP contribution in [0.5, 0.6) is 0 Å². The van der Waals surface area contributed by atoms with Crippen LogP contribution in [0.15, 0.2) is 0 Å². The SMILES string of the molecule is COCCCN(C)C1(C(=O)O)CCCCCC1. The first kappa shape index (κ1) is 14.5. The van der Waals surface area contributed by atoms with Gasteiger partial charge in [0.25, 0.3) is 0 Å². The second-order valence-electron chi connectivity index (χ2n) is 5.02. The molecule has 0 radical (unpaired) electrons. The molecule has 4 heteroatoms. The molecule has 1 N–H and O–H groups in total. The first-order chi connectivity index (χ1) is 8.13. The van der Waals surface area contributed by atoms with Gasteiger partial charge in [0.15, 0.2) is 0 Å². The van der Waals surface area contributed by atoms with E-state index in [1.165, 1.54) is 12.8 Å². The third kappa shape index (κ3) is 3.68. The Labute approximate surface area is 104 Å². The van der Waals surface area contributed by atoms with Crippen LogP contribution in [0.1, 0.15) is 44.9 Å². The van der Waals surface area contributed by atoms with Crippen LogP contribution in [0, 0.1) is 0 Å². The van der Waals surface area contributed by atoms with E-state index in [2.05, 4.69) is 0 Å². The second kappa shape index (κ2) is 6.97. The van der Waals surface area contributed by atoms with Crippen molar-refractivity contribution in [2.24, 2.45) is 0 Å². The van der Waals surface area contributed by atoms with Crippen LogP contribution in [-0.2, 0) is 9.53 Å². The highest BCUT2D eigenvalue weighted by molar-refractivity contribution is 5.78. The molecule has 1 rings (SSSR count). The molecule has 1 aliphatic rings. The summed E-state index contributed by atoms with van der Waals surface area (Å²) in [6, 6.07) is 0. The minimum absolute atomic E-state index is 0.635. The van der Waals surface area contributed by atoms with Gasteiger partial charge in [-0.05, 0) is 26.3 Å². The molecule has 100 valence electrons. The predicted molar refractivity (Wildman–Crippen MR) is 67.2 cm³/mol. The van der Waals surface area contributed by atoms with Crippen LogP contribution >= 0.6 is 0 Å². The van der Waals surface area contributed by atoms with Gasteiger partial charge in [0.2, 0.25) is 0 Å². The molecule has 0 atom stereocenters. The van der Waals surface area contributed by atoms with Crippen molar-refractivity contribution < 1.29 is 14.6 Å². The Bertz CT molecular complexity index is 235. The van der Waals surface area contributed by atoms with E-state index in [1.54, 1.807) is 7.11 Å². The number of hydrogen-bond acceptors (Lipinski definition) is 3. The molecule has 0 bridgehead atoms. The number of aliphatic carboxylic acids is 1. The van der Waals surface area contributed by atoms with E-state index in [-0.39, 0.29) is 0 Å². The molecule has 0 saturated heterocycles. The van der Waals surface area contributed by atoms with E-state index in [0.717, 1.165) is 38.6 Å². The Morgan fingerprint density at radius 2 is 1.88 bits per heavy atom. The van der Waals surface area contributed by atoms with Gasteiger partial charge in [-0.3, -0.25) is 9.69 Å². The van der Waals surface area contributed by atoms with Crippen LogP contribution in [-0.4, -0.2) is 48.8 Å². The normalized spacial score (nSPS) is 20.2. The van der Waals surface area contributed by atoms with Crippen molar-refractivity contribution in [2.45, 2.75) is 50.5 Å². The number of carboxylic acids is 1. The van der Waals surface area contributed by atoms with Gasteiger partial charge in [-0.15, -0.1) is 0 Å². The number of likely N-dealkylation sites (N-methyl/N-ethyl adjacent to an activating group) is 1. The minimum Gasteiger partial charge on any atom is -0.480 e. The fourth-order valence-corrected chi connectivity index (χ4v) is 2.73. The number of methoxy groups -OCH3 is 1. The van der Waals surface area contributed by atoms with E-state index in [1.807, 2.05) is 11.9 Å². The van der Waals surface area contributed by atoms with Crippen LogP contribution < -0.4 is 0 Å². The predicted octanol–water partition coefficient (Wildman–Crippen LogP) is 2.13. The van der Waals surface area contributed by atoms with Gasteiger partial charge in [-0.1, -0.05) is 25.7 Å². The average molecular weight is 243 g/mol. The topological polar surface area (TPSA) is 49.8 Å². The van der Waals surface area contributed by atoms with Gasteiger partial charge < -0.3 is 9.84 Å².